The number of aromatic nitrogens is 1. The molecule has 0 aliphatic carbocycles. The van der Waals surface area contributed by atoms with Gasteiger partial charge in [0.2, 0.25) is 0 Å². The lowest BCUT2D eigenvalue weighted by atomic mass is 10.1. The molecule has 1 aromatic heterocycles. The maximum absolute atomic E-state index is 12.6. The lowest BCUT2D eigenvalue weighted by molar-refractivity contribution is 0.0930. The molecule has 1 amide bonds. The smallest absolute Gasteiger partial charge is 0.251 e. The summed E-state index contributed by atoms with van der Waals surface area (Å²) in [5.74, 6) is 0.585. The fraction of sp³-hybridized carbons (Fsp3) is 0.200. The van der Waals surface area contributed by atoms with Crippen LogP contribution in [0.2, 0.25) is 0 Å². The summed E-state index contributed by atoms with van der Waals surface area (Å²) in [6.07, 6.45) is 3.04. The molecule has 3 aromatic rings. The van der Waals surface area contributed by atoms with Gasteiger partial charge in [-0.3, -0.25) is 4.79 Å². The van der Waals surface area contributed by atoms with Crippen LogP contribution in [0.4, 0.5) is 0 Å². The molecule has 0 saturated heterocycles. The van der Waals surface area contributed by atoms with Crippen LogP contribution in [0.3, 0.4) is 0 Å². The quantitative estimate of drug-likeness (QED) is 0.750. The van der Waals surface area contributed by atoms with Crippen molar-refractivity contribution in [1.29, 1.82) is 0 Å². The normalized spacial score (nSPS) is 12.1. The Balaban J connectivity index is 1.74. The zero-order valence-corrected chi connectivity index (χ0v) is 14.3. The second kappa shape index (κ2) is 7.77. The van der Waals surface area contributed by atoms with E-state index in [1.807, 2.05) is 56.6 Å². The summed E-state index contributed by atoms with van der Waals surface area (Å²) < 4.78 is 5.27. The van der Waals surface area contributed by atoms with Crippen molar-refractivity contribution < 1.29 is 9.21 Å². The molecule has 0 spiro atoms. The summed E-state index contributed by atoms with van der Waals surface area (Å²) in [4.78, 5) is 18.6. The zero-order chi connectivity index (χ0) is 17.6. The molecule has 5 nitrogen and oxygen atoms in total. The van der Waals surface area contributed by atoms with Gasteiger partial charge in [-0.25, -0.2) is 4.98 Å². The van der Waals surface area contributed by atoms with Gasteiger partial charge in [-0.2, -0.15) is 0 Å². The van der Waals surface area contributed by atoms with Crippen molar-refractivity contribution in [2.75, 3.05) is 20.6 Å². The number of oxazole rings is 1. The average Bonchev–Trinajstić information content (AvgIpc) is 3.16. The Kier molecular flexibility index (Phi) is 5.26. The number of nitrogens with one attached hydrogen (secondary N) is 1. The first-order chi connectivity index (χ1) is 12.1. The van der Waals surface area contributed by atoms with Gasteiger partial charge in [0.15, 0.2) is 12.2 Å². The Morgan fingerprint density at radius 3 is 2.44 bits per heavy atom. The van der Waals surface area contributed by atoms with Crippen LogP contribution in [0.1, 0.15) is 22.0 Å². The van der Waals surface area contributed by atoms with Crippen molar-refractivity contribution in [2.45, 2.75) is 6.04 Å². The summed E-state index contributed by atoms with van der Waals surface area (Å²) in [5.41, 5.74) is 2.59. The highest BCUT2D eigenvalue weighted by Gasteiger charge is 2.16. The van der Waals surface area contributed by atoms with Crippen molar-refractivity contribution in [3.8, 4) is 11.3 Å². The maximum Gasteiger partial charge on any atom is 0.251 e. The first-order valence-corrected chi connectivity index (χ1v) is 8.13. The minimum absolute atomic E-state index is 0.0716. The van der Waals surface area contributed by atoms with Crippen LogP contribution in [0.5, 0.6) is 0 Å². The Morgan fingerprint density at radius 2 is 1.84 bits per heavy atom. The third kappa shape index (κ3) is 4.33. The van der Waals surface area contributed by atoms with Crippen LogP contribution in [-0.2, 0) is 0 Å². The molecule has 3 rings (SSSR count). The number of carbonyl (C=O) groups is 1. The second-order valence-corrected chi connectivity index (χ2v) is 6.14. The van der Waals surface area contributed by atoms with Crippen LogP contribution in [0.25, 0.3) is 11.3 Å². The van der Waals surface area contributed by atoms with E-state index in [0.717, 1.165) is 17.7 Å². The van der Waals surface area contributed by atoms with Gasteiger partial charge >= 0.3 is 0 Å². The molecule has 0 fully saturated rings. The second-order valence-electron chi connectivity index (χ2n) is 6.14. The average molecular weight is 335 g/mol. The molecule has 0 aliphatic rings. The van der Waals surface area contributed by atoms with Gasteiger partial charge in [0.05, 0.1) is 12.2 Å². The molecule has 128 valence electrons. The van der Waals surface area contributed by atoms with Crippen LogP contribution in [-0.4, -0.2) is 36.4 Å². The lowest BCUT2D eigenvalue weighted by Crippen LogP contribution is -2.35. The molecule has 1 unspecified atom stereocenters. The van der Waals surface area contributed by atoms with Crippen molar-refractivity contribution in [1.82, 2.24) is 15.2 Å². The van der Waals surface area contributed by atoms with Gasteiger partial charge in [0, 0.05) is 17.7 Å². The van der Waals surface area contributed by atoms with E-state index in [1.54, 1.807) is 18.3 Å². The van der Waals surface area contributed by atoms with Crippen molar-refractivity contribution in [3.63, 3.8) is 0 Å². The number of rotatable bonds is 6. The molecular weight excluding hydrogens is 314 g/mol. The third-order valence-electron chi connectivity index (χ3n) is 3.92. The van der Waals surface area contributed by atoms with Gasteiger partial charge in [0.1, 0.15) is 0 Å². The first-order valence-electron chi connectivity index (χ1n) is 8.13. The largest absolute Gasteiger partial charge is 0.444 e. The SMILES string of the molecule is CN(C)CC(NC(=O)c1ccc(-c2cnco2)cc1)c1ccccc1. The Hall–Kier alpha value is -2.92. The summed E-state index contributed by atoms with van der Waals surface area (Å²) in [6, 6.07) is 17.2. The summed E-state index contributed by atoms with van der Waals surface area (Å²) in [5, 5.41) is 3.12. The number of hydrogen-bond acceptors (Lipinski definition) is 4. The molecular formula is C20H21N3O2. The van der Waals surface area contributed by atoms with Crippen molar-refractivity contribution in [2.24, 2.45) is 0 Å². The minimum Gasteiger partial charge on any atom is -0.444 e. The highest BCUT2D eigenvalue weighted by molar-refractivity contribution is 5.94. The van der Waals surface area contributed by atoms with Crippen LogP contribution < -0.4 is 5.32 Å². The number of benzene rings is 2. The molecule has 1 N–H and O–H groups in total. The zero-order valence-electron chi connectivity index (χ0n) is 14.3. The van der Waals surface area contributed by atoms with Crippen molar-refractivity contribution >= 4 is 5.91 Å². The molecule has 0 saturated carbocycles. The molecule has 25 heavy (non-hydrogen) atoms. The fourth-order valence-corrected chi connectivity index (χ4v) is 2.67. The molecule has 5 heteroatoms. The minimum atomic E-state index is -0.0974. The van der Waals surface area contributed by atoms with E-state index in [-0.39, 0.29) is 11.9 Å². The monoisotopic (exact) mass is 335 g/mol. The van der Waals surface area contributed by atoms with Crippen LogP contribution >= 0.6 is 0 Å². The van der Waals surface area contributed by atoms with Gasteiger partial charge in [0.25, 0.3) is 5.91 Å². The summed E-state index contributed by atoms with van der Waals surface area (Å²) >= 11 is 0. The Bertz CT molecular complexity index is 797. The van der Waals surface area contributed by atoms with Crippen LogP contribution in [0, 0.1) is 0 Å². The van der Waals surface area contributed by atoms with E-state index in [0.29, 0.717) is 11.3 Å². The third-order valence-corrected chi connectivity index (χ3v) is 3.92. The molecule has 0 aliphatic heterocycles. The number of hydrogen-bond donors (Lipinski definition) is 1. The molecule has 0 bridgehead atoms. The van der Waals surface area contributed by atoms with Crippen LogP contribution in [0.15, 0.2) is 71.6 Å². The standard InChI is InChI=1S/C20H21N3O2/c1-23(2)13-18(15-6-4-3-5-7-15)22-20(24)17-10-8-16(9-11-17)19-12-21-14-25-19/h3-12,14,18H,13H2,1-2H3,(H,22,24). The topological polar surface area (TPSA) is 58.4 Å². The highest BCUT2D eigenvalue weighted by Crippen LogP contribution is 2.20. The fourth-order valence-electron chi connectivity index (χ4n) is 2.67. The predicted molar refractivity (Wildman–Crippen MR) is 97.1 cm³/mol. The number of likely N-dealkylation sites (N-methyl/N-ethyl adjacent to an activating group) is 1. The van der Waals surface area contributed by atoms with E-state index in [9.17, 15) is 4.79 Å². The van der Waals surface area contributed by atoms with E-state index in [4.69, 9.17) is 4.42 Å². The van der Waals surface area contributed by atoms with Gasteiger partial charge in [-0.1, -0.05) is 42.5 Å². The first kappa shape index (κ1) is 16.9. The Morgan fingerprint density at radius 1 is 1.12 bits per heavy atom. The van der Waals surface area contributed by atoms with Crippen molar-refractivity contribution in [3.05, 3.63) is 78.3 Å². The van der Waals surface area contributed by atoms with E-state index < -0.39 is 0 Å². The summed E-state index contributed by atoms with van der Waals surface area (Å²) in [6.45, 7) is 0.728. The number of nitrogens with zero attached hydrogens (tertiary/aromatic N) is 2. The molecule has 1 heterocycles. The number of amides is 1. The molecule has 2 aromatic carbocycles. The predicted octanol–water partition coefficient (Wildman–Crippen LogP) is 3.37. The summed E-state index contributed by atoms with van der Waals surface area (Å²) in [7, 11) is 3.99. The van der Waals surface area contributed by atoms with Gasteiger partial charge in [-0.05, 0) is 31.8 Å². The van der Waals surface area contributed by atoms with E-state index in [2.05, 4.69) is 15.2 Å². The number of carbonyl (C=O) groups excluding carboxylic acids is 1. The van der Waals surface area contributed by atoms with E-state index >= 15 is 0 Å². The lowest BCUT2D eigenvalue weighted by Gasteiger charge is -2.23. The molecule has 0 radical (unpaired) electrons. The van der Waals surface area contributed by atoms with Gasteiger partial charge in [-0.15, -0.1) is 0 Å². The maximum atomic E-state index is 12.6. The van der Waals surface area contributed by atoms with Gasteiger partial charge < -0.3 is 14.6 Å². The highest BCUT2D eigenvalue weighted by atomic mass is 16.3. The van der Waals surface area contributed by atoms with E-state index in [1.165, 1.54) is 6.39 Å². The molecule has 1 atom stereocenters. The Labute approximate surface area is 147 Å².